The fraction of sp³-hybridized carbons (Fsp3) is 0.455. The molecule has 0 radical (unpaired) electrons. The lowest BCUT2D eigenvalue weighted by molar-refractivity contribution is -0.0386. The molecule has 168 valence electrons. The first-order valence-corrected chi connectivity index (χ1v) is 11.3. The zero-order valence-electron chi connectivity index (χ0n) is 18.3. The zero-order chi connectivity index (χ0) is 22.6. The van der Waals surface area contributed by atoms with E-state index >= 15 is 0 Å². The summed E-state index contributed by atoms with van der Waals surface area (Å²) < 4.78 is 16.7. The van der Waals surface area contributed by atoms with Gasteiger partial charge in [0.25, 0.3) is 6.01 Å². The number of fused-ring (bicyclic) bond motifs is 3. The van der Waals surface area contributed by atoms with Gasteiger partial charge >= 0.3 is 12.1 Å². The van der Waals surface area contributed by atoms with Gasteiger partial charge in [-0.2, -0.15) is 4.98 Å². The topological polar surface area (TPSA) is 98.0 Å². The molecule has 9 nitrogen and oxygen atoms in total. The number of piperidine rings is 1. The van der Waals surface area contributed by atoms with Crippen molar-refractivity contribution in [3.63, 3.8) is 0 Å². The van der Waals surface area contributed by atoms with Crippen molar-refractivity contribution in [2.45, 2.75) is 44.9 Å². The van der Waals surface area contributed by atoms with Crippen LogP contribution in [0.4, 0.5) is 10.8 Å². The van der Waals surface area contributed by atoms with Crippen molar-refractivity contribution in [1.82, 2.24) is 14.9 Å². The van der Waals surface area contributed by atoms with Gasteiger partial charge in [-0.25, -0.2) is 14.6 Å². The monoisotopic (exact) mass is 456 g/mol. The summed E-state index contributed by atoms with van der Waals surface area (Å²) in [4.78, 5) is 37.7. The minimum absolute atomic E-state index is 0.0390. The number of carbonyl (C=O) groups is 2. The fourth-order valence-corrected chi connectivity index (χ4v) is 4.97. The Kier molecular flexibility index (Phi) is 4.85. The van der Waals surface area contributed by atoms with Gasteiger partial charge in [-0.3, -0.25) is 4.90 Å². The molecule has 0 aliphatic carbocycles. The van der Waals surface area contributed by atoms with E-state index in [-0.39, 0.29) is 18.2 Å². The van der Waals surface area contributed by atoms with E-state index in [1.165, 1.54) is 18.4 Å². The zero-order valence-corrected chi connectivity index (χ0v) is 19.1. The van der Waals surface area contributed by atoms with E-state index in [0.29, 0.717) is 35.8 Å². The molecule has 1 amide bonds. The molecule has 32 heavy (non-hydrogen) atoms. The Morgan fingerprint density at radius 1 is 1.22 bits per heavy atom. The molecule has 3 aromatic rings. The van der Waals surface area contributed by atoms with Crippen molar-refractivity contribution in [1.29, 1.82) is 0 Å². The number of hydrogen-bond donors (Lipinski definition) is 0. The Balaban J connectivity index is 1.45. The second-order valence-corrected chi connectivity index (χ2v) is 9.89. The Morgan fingerprint density at radius 3 is 2.59 bits per heavy atom. The van der Waals surface area contributed by atoms with Gasteiger partial charge in [0, 0.05) is 24.7 Å². The number of hydrogen-bond acceptors (Lipinski definition) is 9. The van der Waals surface area contributed by atoms with Crippen LogP contribution in [0.1, 0.15) is 37.6 Å². The highest BCUT2D eigenvalue weighted by atomic mass is 32.1. The van der Waals surface area contributed by atoms with Gasteiger partial charge in [-0.15, -0.1) is 11.3 Å². The lowest BCUT2D eigenvalue weighted by Gasteiger charge is -2.55. The molecule has 2 atom stereocenters. The van der Waals surface area contributed by atoms with Gasteiger partial charge < -0.3 is 18.8 Å². The van der Waals surface area contributed by atoms with Crippen molar-refractivity contribution in [2.24, 2.45) is 0 Å². The highest BCUT2D eigenvalue weighted by molar-refractivity contribution is 7.13. The van der Waals surface area contributed by atoms with Crippen LogP contribution in [0, 0.1) is 0 Å². The number of thiazole rings is 1. The molecule has 5 heterocycles. The molecule has 3 saturated heterocycles. The van der Waals surface area contributed by atoms with Gasteiger partial charge in [0.15, 0.2) is 5.58 Å². The molecular weight excluding hydrogens is 432 g/mol. The largest absolute Gasteiger partial charge is 0.465 e. The molecule has 2 bridgehead atoms. The van der Waals surface area contributed by atoms with Crippen molar-refractivity contribution in [3.8, 4) is 10.6 Å². The number of methoxy groups -OCH3 is 1. The van der Waals surface area contributed by atoms with Crippen LogP contribution in [0.2, 0.25) is 0 Å². The number of rotatable bonds is 3. The maximum Gasteiger partial charge on any atom is 0.410 e. The van der Waals surface area contributed by atoms with Crippen molar-refractivity contribution < 1.29 is 23.5 Å². The summed E-state index contributed by atoms with van der Waals surface area (Å²) in [6.45, 7) is 6.77. The highest BCUT2D eigenvalue weighted by Crippen LogP contribution is 2.39. The fourth-order valence-electron chi connectivity index (χ4n) is 4.31. The van der Waals surface area contributed by atoms with Gasteiger partial charge in [0.2, 0.25) is 0 Å². The normalized spacial score (nSPS) is 20.2. The molecule has 2 aromatic heterocycles. The predicted octanol–water partition coefficient (Wildman–Crippen LogP) is 3.94. The van der Waals surface area contributed by atoms with E-state index < -0.39 is 11.6 Å². The summed E-state index contributed by atoms with van der Waals surface area (Å²) in [5.41, 5.74) is 1.54. The molecule has 0 spiro atoms. The molecular formula is C22H24N4O5S. The van der Waals surface area contributed by atoms with Gasteiger partial charge in [-0.05, 0) is 39.3 Å². The summed E-state index contributed by atoms with van der Waals surface area (Å²) in [5.74, 6) is -0.474. The van der Waals surface area contributed by atoms with Gasteiger partial charge in [0.05, 0.1) is 30.3 Å². The van der Waals surface area contributed by atoms with Crippen LogP contribution in [0.5, 0.6) is 0 Å². The summed E-state index contributed by atoms with van der Waals surface area (Å²) in [7, 11) is 1.34. The van der Waals surface area contributed by atoms with Crippen LogP contribution < -0.4 is 4.90 Å². The maximum atomic E-state index is 12.6. The summed E-state index contributed by atoms with van der Waals surface area (Å²) in [6.07, 6.45) is 2.36. The van der Waals surface area contributed by atoms with Crippen LogP contribution in [-0.2, 0) is 9.47 Å². The number of benzene rings is 1. The highest BCUT2D eigenvalue weighted by Gasteiger charge is 2.49. The van der Waals surface area contributed by atoms with Crippen molar-refractivity contribution in [2.75, 3.05) is 25.1 Å². The number of carbonyl (C=O) groups excluding carboxylic acids is 2. The van der Waals surface area contributed by atoms with Crippen LogP contribution in [0.3, 0.4) is 0 Å². The van der Waals surface area contributed by atoms with E-state index in [0.717, 1.165) is 17.0 Å². The quantitative estimate of drug-likeness (QED) is 0.547. The Bertz CT molecular complexity index is 1170. The molecule has 10 heteroatoms. The molecule has 3 fully saturated rings. The van der Waals surface area contributed by atoms with E-state index in [4.69, 9.17) is 13.9 Å². The smallest absolute Gasteiger partial charge is 0.410 e. The van der Waals surface area contributed by atoms with Crippen molar-refractivity contribution in [3.05, 3.63) is 29.3 Å². The second-order valence-electron chi connectivity index (χ2n) is 9.00. The molecule has 6 rings (SSSR count). The van der Waals surface area contributed by atoms with E-state index in [1.807, 2.05) is 36.0 Å². The number of esters is 1. The first-order chi connectivity index (χ1) is 15.2. The van der Waals surface area contributed by atoms with E-state index in [2.05, 4.69) is 9.97 Å². The SMILES string of the molecule is COC(=O)c1ccc(-c2nccs2)c2oc(N3CC4CC(C3)N4C(=O)OC(C)(C)C)nc12. The summed E-state index contributed by atoms with van der Waals surface area (Å²) in [6, 6.07) is 4.00. The number of ether oxygens (including phenoxy) is 2. The maximum absolute atomic E-state index is 12.6. The minimum atomic E-state index is -0.530. The predicted molar refractivity (Wildman–Crippen MR) is 119 cm³/mol. The number of nitrogens with zero attached hydrogens (tertiary/aromatic N) is 4. The average Bonchev–Trinajstić information content (AvgIpc) is 3.41. The third-order valence-corrected chi connectivity index (χ3v) is 6.47. The lowest BCUT2D eigenvalue weighted by Crippen LogP contribution is -2.70. The number of oxazole rings is 1. The molecule has 0 N–H and O–H groups in total. The van der Waals surface area contributed by atoms with Crippen LogP contribution in [0.15, 0.2) is 28.1 Å². The number of piperazine rings is 1. The summed E-state index contributed by atoms with van der Waals surface area (Å²) in [5, 5.41) is 2.67. The Morgan fingerprint density at radius 2 is 1.97 bits per heavy atom. The number of amides is 1. The second kappa shape index (κ2) is 7.47. The first kappa shape index (κ1) is 20.7. The van der Waals surface area contributed by atoms with Gasteiger partial charge in [-0.1, -0.05) is 0 Å². The third kappa shape index (κ3) is 3.48. The van der Waals surface area contributed by atoms with Crippen LogP contribution in [0.25, 0.3) is 21.7 Å². The molecule has 1 aromatic carbocycles. The third-order valence-electron chi connectivity index (χ3n) is 5.67. The Labute approximate surface area is 188 Å². The molecule has 3 aliphatic heterocycles. The average molecular weight is 457 g/mol. The number of aromatic nitrogens is 2. The van der Waals surface area contributed by atoms with Crippen molar-refractivity contribution >= 4 is 40.5 Å². The standard InChI is InChI=1S/C22H24N4O5S/c1-22(2,3)31-21(28)26-12-9-13(26)11-25(10-12)20-24-16-14(19(27)29-4)5-6-15(17(16)30-20)18-23-7-8-32-18/h5-8,12-13H,9-11H2,1-4H3. The Hall–Kier alpha value is -3.14. The molecule has 3 aliphatic rings. The summed E-state index contributed by atoms with van der Waals surface area (Å²) >= 11 is 1.48. The molecule has 0 saturated carbocycles. The first-order valence-electron chi connectivity index (χ1n) is 10.4. The van der Waals surface area contributed by atoms with E-state index in [9.17, 15) is 9.59 Å². The minimum Gasteiger partial charge on any atom is -0.465 e. The lowest BCUT2D eigenvalue weighted by atomic mass is 9.88. The van der Waals surface area contributed by atoms with Crippen LogP contribution in [-0.4, -0.2) is 64.8 Å². The van der Waals surface area contributed by atoms with Crippen LogP contribution >= 0.6 is 11.3 Å². The van der Waals surface area contributed by atoms with Gasteiger partial charge in [0.1, 0.15) is 16.1 Å². The molecule has 2 unspecified atom stereocenters. The van der Waals surface area contributed by atoms with E-state index in [1.54, 1.807) is 18.3 Å². The number of anilines is 1.